The summed E-state index contributed by atoms with van der Waals surface area (Å²) in [5.41, 5.74) is 0. The number of ether oxygens (including phenoxy) is 2. The fraction of sp³-hybridized carbons (Fsp3) is 0.857. The SMILES string of the molecule is CN=C(NCCCCCC(=O)OC)NCC1CCCO1. The Hall–Kier alpha value is -1.30. The van der Waals surface area contributed by atoms with Crippen molar-refractivity contribution in [3.8, 4) is 0 Å². The van der Waals surface area contributed by atoms with Gasteiger partial charge in [0.2, 0.25) is 0 Å². The number of hydrogen-bond acceptors (Lipinski definition) is 4. The van der Waals surface area contributed by atoms with Crippen LogP contribution >= 0.6 is 0 Å². The Balaban J connectivity index is 1.99. The molecule has 0 amide bonds. The van der Waals surface area contributed by atoms with Crippen LogP contribution in [-0.4, -0.2) is 51.9 Å². The molecule has 1 unspecified atom stereocenters. The summed E-state index contributed by atoms with van der Waals surface area (Å²) in [5, 5.41) is 6.53. The van der Waals surface area contributed by atoms with E-state index in [9.17, 15) is 4.79 Å². The van der Waals surface area contributed by atoms with Crippen molar-refractivity contribution in [3.05, 3.63) is 0 Å². The maximum atomic E-state index is 10.9. The zero-order chi connectivity index (χ0) is 14.6. The summed E-state index contributed by atoms with van der Waals surface area (Å²) in [4.78, 5) is 15.1. The van der Waals surface area contributed by atoms with Crippen LogP contribution in [0.5, 0.6) is 0 Å². The molecule has 0 aromatic heterocycles. The van der Waals surface area contributed by atoms with E-state index >= 15 is 0 Å². The van der Waals surface area contributed by atoms with Gasteiger partial charge in [0.1, 0.15) is 0 Å². The average molecular weight is 285 g/mol. The average Bonchev–Trinajstić information content (AvgIpc) is 2.98. The van der Waals surface area contributed by atoms with Gasteiger partial charge in [-0.2, -0.15) is 0 Å². The molecular weight excluding hydrogens is 258 g/mol. The maximum Gasteiger partial charge on any atom is 0.305 e. The zero-order valence-electron chi connectivity index (χ0n) is 12.6. The number of methoxy groups -OCH3 is 1. The van der Waals surface area contributed by atoms with E-state index in [1.807, 2.05) is 0 Å². The Morgan fingerprint density at radius 2 is 2.20 bits per heavy atom. The lowest BCUT2D eigenvalue weighted by Crippen LogP contribution is -2.41. The van der Waals surface area contributed by atoms with Crippen LogP contribution in [0, 0.1) is 0 Å². The predicted octanol–water partition coefficient (Wildman–Crippen LogP) is 1.06. The number of carbonyl (C=O) groups excluding carboxylic acids is 1. The van der Waals surface area contributed by atoms with Crippen molar-refractivity contribution >= 4 is 11.9 Å². The number of unbranched alkanes of at least 4 members (excludes halogenated alkanes) is 2. The fourth-order valence-corrected chi connectivity index (χ4v) is 2.12. The largest absolute Gasteiger partial charge is 0.469 e. The number of rotatable bonds is 8. The molecule has 0 aromatic carbocycles. The van der Waals surface area contributed by atoms with Gasteiger partial charge in [-0.15, -0.1) is 0 Å². The summed E-state index contributed by atoms with van der Waals surface area (Å²) in [6.07, 6.45) is 5.98. The van der Waals surface area contributed by atoms with Crippen molar-refractivity contribution in [2.24, 2.45) is 4.99 Å². The minimum atomic E-state index is -0.132. The summed E-state index contributed by atoms with van der Waals surface area (Å²) < 4.78 is 10.1. The van der Waals surface area contributed by atoms with Gasteiger partial charge >= 0.3 is 5.97 Å². The first-order valence-electron chi connectivity index (χ1n) is 7.39. The Bertz CT molecular complexity index is 302. The molecule has 116 valence electrons. The normalized spacial score (nSPS) is 18.9. The zero-order valence-corrected chi connectivity index (χ0v) is 12.6. The number of esters is 1. The first-order chi connectivity index (χ1) is 9.76. The molecule has 1 rings (SSSR count). The van der Waals surface area contributed by atoms with Crippen LogP contribution in [0.3, 0.4) is 0 Å². The standard InChI is InChI=1S/C14H27N3O3/c1-15-14(17-11-12-7-6-10-20-12)16-9-5-3-4-8-13(18)19-2/h12H,3-11H2,1-2H3,(H2,15,16,17). The van der Waals surface area contributed by atoms with Crippen LogP contribution in [0.25, 0.3) is 0 Å². The quantitative estimate of drug-likeness (QED) is 0.302. The molecule has 2 N–H and O–H groups in total. The fourth-order valence-electron chi connectivity index (χ4n) is 2.12. The monoisotopic (exact) mass is 285 g/mol. The minimum absolute atomic E-state index is 0.132. The van der Waals surface area contributed by atoms with E-state index in [2.05, 4.69) is 20.4 Å². The van der Waals surface area contributed by atoms with Crippen molar-refractivity contribution in [2.45, 2.75) is 44.6 Å². The van der Waals surface area contributed by atoms with Gasteiger partial charge in [0.25, 0.3) is 0 Å². The van der Waals surface area contributed by atoms with E-state index in [0.29, 0.717) is 12.5 Å². The van der Waals surface area contributed by atoms with Crippen molar-refractivity contribution in [1.29, 1.82) is 0 Å². The van der Waals surface area contributed by atoms with Gasteiger partial charge in [0, 0.05) is 33.2 Å². The Kier molecular flexibility index (Phi) is 8.78. The van der Waals surface area contributed by atoms with Gasteiger partial charge in [-0.3, -0.25) is 9.79 Å². The highest BCUT2D eigenvalue weighted by Gasteiger charge is 2.15. The molecule has 1 aliphatic rings. The van der Waals surface area contributed by atoms with Gasteiger partial charge < -0.3 is 20.1 Å². The Morgan fingerprint density at radius 3 is 2.85 bits per heavy atom. The van der Waals surface area contributed by atoms with E-state index in [-0.39, 0.29) is 5.97 Å². The van der Waals surface area contributed by atoms with E-state index in [1.54, 1.807) is 7.05 Å². The van der Waals surface area contributed by atoms with Gasteiger partial charge in [-0.1, -0.05) is 6.42 Å². The van der Waals surface area contributed by atoms with Crippen LogP contribution in [0.4, 0.5) is 0 Å². The second-order valence-electron chi connectivity index (χ2n) is 4.90. The third-order valence-corrected chi connectivity index (χ3v) is 3.32. The van der Waals surface area contributed by atoms with Crippen molar-refractivity contribution in [2.75, 3.05) is 33.9 Å². The third-order valence-electron chi connectivity index (χ3n) is 3.32. The lowest BCUT2D eigenvalue weighted by molar-refractivity contribution is -0.140. The highest BCUT2D eigenvalue weighted by molar-refractivity contribution is 5.79. The molecule has 1 fully saturated rings. The Morgan fingerprint density at radius 1 is 1.35 bits per heavy atom. The molecule has 1 aliphatic heterocycles. The highest BCUT2D eigenvalue weighted by Crippen LogP contribution is 2.10. The van der Waals surface area contributed by atoms with Crippen molar-refractivity contribution in [3.63, 3.8) is 0 Å². The van der Waals surface area contributed by atoms with E-state index in [1.165, 1.54) is 7.11 Å². The number of carbonyl (C=O) groups is 1. The summed E-state index contributed by atoms with van der Waals surface area (Å²) in [6, 6.07) is 0. The topological polar surface area (TPSA) is 72.0 Å². The van der Waals surface area contributed by atoms with Gasteiger partial charge in [0.15, 0.2) is 5.96 Å². The second-order valence-corrected chi connectivity index (χ2v) is 4.90. The van der Waals surface area contributed by atoms with Crippen molar-refractivity contribution < 1.29 is 14.3 Å². The molecule has 0 radical (unpaired) electrons. The van der Waals surface area contributed by atoms with Crippen LogP contribution < -0.4 is 10.6 Å². The van der Waals surface area contributed by atoms with Crippen LogP contribution in [0.1, 0.15) is 38.5 Å². The molecule has 0 saturated carbocycles. The number of aliphatic imine (C=N–C) groups is 1. The van der Waals surface area contributed by atoms with Crippen LogP contribution in [0.2, 0.25) is 0 Å². The molecular formula is C14H27N3O3. The molecule has 1 heterocycles. The van der Waals surface area contributed by atoms with E-state index in [4.69, 9.17) is 4.74 Å². The second kappa shape index (κ2) is 10.5. The van der Waals surface area contributed by atoms with Crippen LogP contribution in [-0.2, 0) is 14.3 Å². The van der Waals surface area contributed by atoms with Crippen molar-refractivity contribution in [1.82, 2.24) is 10.6 Å². The molecule has 1 atom stereocenters. The van der Waals surface area contributed by atoms with Gasteiger partial charge in [-0.05, 0) is 25.7 Å². The lowest BCUT2D eigenvalue weighted by atomic mass is 10.2. The van der Waals surface area contributed by atoms with Gasteiger partial charge in [-0.25, -0.2) is 0 Å². The molecule has 6 nitrogen and oxygen atoms in total. The number of nitrogens with zero attached hydrogens (tertiary/aromatic N) is 1. The molecule has 20 heavy (non-hydrogen) atoms. The molecule has 0 aliphatic carbocycles. The Labute approximate surface area is 121 Å². The minimum Gasteiger partial charge on any atom is -0.469 e. The number of nitrogens with one attached hydrogen (secondary N) is 2. The third kappa shape index (κ3) is 7.33. The van der Waals surface area contributed by atoms with E-state index < -0.39 is 0 Å². The summed E-state index contributed by atoms with van der Waals surface area (Å²) in [6.45, 7) is 2.53. The molecule has 1 saturated heterocycles. The predicted molar refractivity (Wildman–Crippen MR) is 78.8 cm³/mol. The molecule has 0 spiro atoms. The first kappa shape index (κ1) is 16.8. The van der Waals surface area contributed by atoms with Crippen LogP contribution in [0.15, 0.2) is 4.99 Å². The number of guanidine groups is 1. The lowest BCUT2D eigenvalue weighted by Gasteiger charge is -2.14. The summed E-state index contributed by atoms with van der Waals surface area (Å²) >= 11 is 0. The molecule has 6 heteroatoms. The number of hydrogen-bond donors (Lipinski definition) is 2. The smallest absolute Gasteiger partial charge is 0.305 e. The van der Waals surface area contributed by atoms with E-state index in [0.717, 1.165) is 57.8 Å². The first-order valence-corrected chi connectivity index (χ1v) is 7.39. The molecule has 0 aromatic rings. The summed E-state index contributed by atoms with van der Waals surface area (Å²) in [7, 11) is 3.19. The highest BCUT2D eigenvalue weighted by atomic mass is 16.5. The van der Waals surface area contributed by atoms with Gasteiger partial charge in [0.05, 0.1) is 13.2 Å². The maximum absolute atomic E-state index is 10.9. The molecule has 0 bridgehead atoms. The summed E-state index contributed by atoms with van der Waals surface area (Å²) in [5.74, 6) is 0.681.